The third kappa shape index (κ3) is 8.09. The van der Waals surface area contributed by atoms with Gasteiger partial charge in [-0.3, -0.25) is 24.6 Å². The van der Waals surface area contributed by atoms with Crippen LogP contribution >= 0.6 is 0 Å². The maximum absolute atomic E-state index is 12.7. The number of aromatic nitrogens is 6. The van der Waals surface area contributed by atoms with Crippen molar-refractivity contribution in [3.05, 3.63) is 102 Å². The Bertz CT molecular complexity index is 2540. The Labute approximate surface area is 347 Å². The zero-order valence-corrected chi connectivity index (χ0v) is 34.3. The fourth-order valence-electron chi connectivity index (χ4n) is 8.33. The van der Waals surface area contributed by atoms with Crippen LogP contribution in [0.1, 0.15) is 85.6 Å². The minimum absolute atomic E-state index is 0.0479. The molecule has 0 radical (unpaired) electrons. The van der Waals surface area contributed by atoms with Gasteiger partial charge in [-0.25, -0.2) is 15.0 Å². The number of pyridine rings is 1. The van der Waals surface area contributed by atoms with Crippen LogP contribution in [0.4, 0.5) is 11.5 Å². The monoisotopic (exact) mass is 807 g/mol. The average molecular weight is 808 g/mol. The third-order valence-electron chi connectivity index (χ3n) is 12.1. The van der Waals surface area contributed by atoms with Crippen LogP contribution in [-0.2, 0) is 21.5 Å². The zero-order valence-electron chi connectivity index (χ0n) is 34.3. The van der Waals surface area contributed by atoms with Gasteiger partial charge in [0.1, 0.15) is 23.8 Å². The number of piperazine rings is 1. The number of nitrogens with zero attached hydrogens (tertiary/aromatic N) is 7. The highest BCUT2D eigenvalue weighted by atomic mass is 16.5. The average Bonchev–Trinajstić information content (AvgIpc) is 3.91. The van der Waals surface area contributed by atoms with E-state index < -0.39 is 5.91 Å². The standard InChI is InChI=1S/C45H49N11O4/c1-26-19-28(5-6-29(26)23-47-42(59)43-53-44(54-60-43)45(2,3)4)39-34-22-36(51-40(34)49-25-48-39)30-9-13-37(46-24-30)56-17-15-55(16-18-56)33-20-31(21-33)27-7-10-32(11-8-27)50-35-12-14-38(57)52-41(35)58/h5-11,13,19,22,24-25,31,33,35,50H,12,14-18,20-21,23H2,1-4H3,(H,47,59)(H,48,49,51)(H,52,57,58)/t31-,33+,35-/m1/s1. The molecule has 4 aromatic heterocycles. The van der Waals surface area contributed by atoms with Gasteiger partial charge in [0.2, 0.25) is 11.8 Å². The van der Waals surface area contributed by atoms with E-state index in [9.17, 15) is 14.4 Å². The van der Waals surface area contributed by atoms with Crippen LogP contribution in [0, 0.1) is 6.92 Å². The van der Waals surface area contributed by atoms with Crippen molar-refractivity contribution in [3.63, 3.8) is 0 Å². The number of hydrogen-bond donors (Lipinski definition) is 4. The minimum Gasteiger partial charge on any atom is -0.374 e. The van der Waals surface area contributed by atoms with E-state index in [-0.39, 0.29) is 29.2 Å². The van der Waals surface area contributed by atoms with Crippen molar-refractivity contribution in [1.29, 1.82) is 0 Å². The molecule has 60 heavy (non-hydrogen) atoms. The first-order valence-corrected chi connectivity index (χ1v) is 20.7. The number of amides is 3. The van der Waals surface area contributed by atoms with Gasteiger partial charge in [-0.2, -0.15) is 4.98 Å². The summed E-state index contributed by atoms with van der Waals surface area (Å²) in [6, 6.07) is 21.0. The molecular weight excluding hydrogens is 759 g/mol. The van der Waals surface area contributed by atoms with Crippen LogP contribution in [-0.4, -0.2) is 91.0 Å². The first kappa shape index (κ1) is 39.0. The van der Waals surface area contributed by atoms with E-state index >= 15 is 0 Å². The number of benzene rings is 2. The molecule has 2 aliphatic heterocycles. The Morgan fingerprint density at radius 2 is 1.72 bits per heavy atom. The predicted octanol–water partition coefficient (Wildman–Crippen LogP) is 5.89. The Morgan fingerprint density at radius 1 is 0.933 bits per heavy atom. The van der Waals surface area contributed by atoms with Gasteiger partial charge in [0.15, 0.2) is 5.82 Å². The number of nitrogens with one attached hydrogen (secondary N) is 4. The van der Waals surface area contributed by atoms with Gasteiger partial charge in [-0.15, -0.1) is 0 Å². The molecule has 308 valence electrons. The molecule has 3 aliphatic rings. The molecule has 3 fully saturated rings. The largest absolute Gasteiger partial charge is 0.374 e. The van der Waals surface area contributed by atoms with Crippen LogP contribution in [0.25, 0.3) is 33.5 Å². The number of H-pyrrole nitrogens is 1. The molecule has 2 saturated heterocycles. The molecule has 0 unspecified atom stereocenters. The lowest BCUT2D eigenvalue weighted by atomic mass is 9.75. The van der Waals surface area contributed by atoms with E-state index in [1.165, 1.54) is 5.56 Å². The minimum atomic E-state index is -0.410. The molecule has 0 bridgehead atoms. The fourth-order valence-corrected chi connectivity index (χ4v) is 8.33. The maximum atomic E-state index is 12.7. The first-order valence-electron chi connectivity index (χ1n) is 20.7. The maximum Gasteiger partial charge on any atom is 0.315 e. The zero-order chi connectivity index (χ0) is 41.5. The summed E-state index contributed by atoms with van der Waals surface area (Å²) in [5, 5.41) is 13.4. The van der Waals surface area contributed by atoms with E-state index in [0.717, 1.165) is 95.2 Å². The lowest BCUT2D eigenvalue weighted by molar-refractivity contribution is -0.133. The number of imide groups is 1. The number of anilines is 2. The Balaban J connectivity index is 0.774. The molecule has 0 spiro atoms. The molecule has 1 saturated carbocycles. The summed E-state index contributed by atoms with van der Waals surface area (Å²) < 4.78 is 5.19. The van der Waals surface area contributed by atoms with Crippen molar-refractivity contribution in [1.82, 2.24) is 45.6 Å². The van der Waals surface area contributed by atoms with Gasteiger partial charge >= 0.3 is 11.8 Å². The summed E-state index contributed by atoms with van der Waals surface area (Å²) in [5.74, 6) is 1.09. The Morgan fingerprint density at radius 3 is 2.42 bits per heavy atom. The highest BCUT2D eigenvalue weighted by molar-refractivity contribution is 6.01. The number of carbonyl (C=O) groups is 3. The second-order valence-electron chi connectivity index (χ2n) is 17.2. The second kappa shape index (κ2) is 15.9. The van der Waals surface area contributed by atoms with Gasteiger partial charge in [0, 0.05) is 84.7 Å². The highest BCUT2D eigenvalue weighted by Gasteiger charge is 2.36. The summed E-state index contributed by atoms with van der Waals surface area (Å²) in [6.07, 6.45) is 6.68. The van der Waals surface area contributed by atoms with E-state index in [1.807, 2.05) is 58.2 Å². The summed E-state index contributed by atoms with van der Waals surface area (Å²) >= 11 is 0. The van der Waals surface area contributed by atoms with Gasteiger partial charge in [0.05, 0.1) is 5.69 Å². The van der Waals surface area contributed by atoms with Gasteiger partial charge in [0.25, 0.3) is 0 Å². The summed E-state index contributed by atoms with van der Waals surface area (Å²) in [7, 11) is 0. The van der Waals surface area contributed by atoms with Crippen molar-refractivity contribution >= 4 is 40.3 Å². The van der Waals surface area contributed by atoms with Crippen molar-refractivity contribution < 1.29 is 18.9 Å². The third-order valence-corrected chi connectivity index (χ3v) is 12.1. The molecule has 6 aromatic rings. The normalized spacial score (nSPS) is 19.9. The van der Waals surface area contributed by atoms with Crippen molar-refractivity contribution in [2.24, 2.45) is 0 Å². The molecule has 3 amide bonds. The topological polar surface area (TPSA) is 187 Å². The van der Waals surface area contributed by atoms with Crippen LogP contribution in [0.15, 0.2) is 77.7 Å². The molecule has 1 aliphatic carbocycles. The number of aromatic amines is 1. The Kier molecular flexibility index (Phi) is 10.4. The number of piperidine rings is 1. The van der Waals surface area contributed by atoms with E-state index in [4.69, 9.17) is 9.51 Å². The van der Waals surface area contributed by atoms with E-state index in [2.05, 4.69) is 87.2 Å². The van der Waals surface area contributed by atoms with E-state index in [1.54, 1.807) is 6.33 Å². The molecule has 15 heteroatoms. The van der Waals surface area contributed by atoms with Crippen LogP contribution < -0.4 is 20.9 Å². The number of aryl methyl sites for hydroxylation is 1. The first-order chi connectivity index (χ1) is 28.9. The molecule has 1 atom stereocenters. The van der Waals surface area contributed by atoms with Crippen molar-refractivity contribution in [2.75, 3.05) is 36.4 Å². The summed E-state index contributed by atoms with van der Waals surface area (Å²) in [5.41, 5.74) is 8.31. The quantitative estimate of drug-likeness (QED) is 0.120. The molecule has 6 heterocycles. The Hall–Kier alpha value is -6.48. The van der Waals surface area contributed by atoms with Gasteiger partial charge < -0.3 is 25.0 Å². The molecule has 2 aromatic carbocycles. The highest BCUT2D eigenvalue weighted by Crippen LogP contribution is 2.41. The lowest BCUT2D eigenvalue weighted by Gasteiger charge is -2.47. The van der Waals surface area contributed by atoms with E-state index in [0.29, 0.717) is 37.2 Å². The SMILES string of the molecule is Cc1cc(-c2ncnc3[nH]c(-c4ccc(N5CCN([C@H]6C[C@@H](c7ccc(N[C@@H]8CCC(=O)NC8=O)cc7)C6)CC5)nc4)cc23)ccc1CNC(=O)c1nc(C(C)(C)C)no1. The molecule has 15 nitrogen and oxygen atoms in total. The number of fused-ring (bicyclic) bond motifs is 1. The fraction of sp³-hybridized carbons (Fsp3) is 0.378. The second-order valence-corrected chi connectivity index (χ2v) is 17.2. The van der Waals surface area contributed by atoms with Gasteiger partial charge in [-0.1, -0.05) is 50.2 Å². The van der Waals surface area contributed by atoms with Crippen molar-refractivity contribution in [2.45, 2.75) is 83.3 Å². The van der Waals surface area contributed by atoms with Crippen LogP contribution in [0.3, 0.4) is 0 Å². The lowest BCUT2D eigenvalue weighted by Crippen LogP contribution is -2.53. The van der Waals surface area contributed by atoms with Crippen LogP contribution in [0.5, 0.6) is 0 Å². The van der Waals surface area contributed by atoms with Gasteiger partial charge in [-0.05, 0) is 85.2 Å². The van der Waals surface area contributed by atoms with Crippen molar-refractivity contribution in [3.8, 4) is 22.5 Å². The molecular formula is C45H49N11O4. The molecule has 4 N–H and O–H groups in total. The number of rotatable bonds is 10. The number of hydrogen-bond acceptors (Lipinski definition) is 12. The predicted molar refractivity (Wildman–Crippen MR) is 227 cm³/mol. The molecule has 9 rings (SSSR count). The number of carbonyl (C=O) groups excluding carboxylic acids is 3. The smallest absolute Gasteiger partial charge is 0.315 e. The van der Waals surface area contributed by atoms with Crippen LogP contribution in [0.2, 0.25) is 0 Å². The summed E-state index contributed by atoms with van der Waals surface area (Å²) in [6.45, 7) is 12.1. The summed E-state index contributed by atoms with van der Waals surface area (Å²) in [4.78, 5) is 63.1.